The van der Waals surface area contributed by atoms with Crippen molar-refractivity contribution < 1.29 is 34.1 Å². The van der Waals surface area contributed by atoms with Crippen LogP contribution in [-0.4, -0.2) is 45.0 Å². The van der Waals surface area contributed by atoms with Gasteiger partial charge in [-0.2, -0.15) is 0 Å². The van der Waals surface area contributed by atoms with Gasteiger partial charge in [0, 0.05) is 11.6 Å². The molecule has 0 aliphatic carbocycles. The predicted molar refractivity (Wildman–Crippen MR) is 65.9 cm³/mol. The van der Waals surface area contributed by atoms with Crippen molar-refractivity contribution in [1.82, 2.24) is 0 Å². The van der Waals surface area contributed by atoms with Gasteiger partial charge in [0.25, 0.3) is 0 Å². The van der Waals surface area contributed by atoms with Gasteiger partial charge in [-0.25, -0.2) is 9.56 Å². The zero-order chi connectivity index (χ0) is 14.0. The first-order valence-electron chi connectivity index (χ1n) is 5.63. The first-order valence-corrected chi connectivity index (χ1v) is 7.16. The third-order valence-corrected chi connectivity index (χ3v) is 3.40. The van der Waals surface area contributed by atoms with Crippen molar-refractivity contribution in [2.24, 2.45) is 0 Å². The Hall–Kier alpha value is -1.08. The van der Waals surface area contributed by atoms with Crippen LogP contribution in [0.25, 0.3) is 0 Å². The summed E-state index contributed by atoms with van der Waals surface area (Å²) in [5.74, 6) is -0.466. The van der Waals surface area contributed by atoms with Gasteiger partial charge in [-0.1, -0.05) is 18.2 Å². The van der Waals surface area contributed by atoms with E-state index in [1.807, 2.05) is 12.1 Å². The van der Waals surface area contributed by atoms with E-state index in [0.29, 0.717) is 0 Å². The van der Waals surface area contributed by atoms with Gasteiger partial charge < -0.3 is 20.0 Å². The number of hydrogen-bond donors (Lipinski definition) is 5. The van der Waals surface area contributed by atoms with Crippen LogP contribution in [0.1, 0.15) is 11.5 Å². The normalized spacial score (nSPS) is 21.2. The molecule has 1 heterocycles. The maximum absolute atomic E-state index is 10.5. The van der Waals surface area contributed by atoms with E-state index in [2.05, 4.69) is 9.52 Å². The summed E-state index contributed by atoms with van der Waals surface area (Å²) in [5.41, 5.74) is 1.64. The van der Waals surface area contributed by atoms with Crippen LogP contribution in [0.4, 0.5) is 5.69 Å². The number of benzene rings is 1. The van der Waals surface area contributed by atoms with Crippen LogP contribution in [0.2, 0.25) is 0 Å². The first-order chi connectivity index (χ1) is 8.88. The Balaban J connectivity index is 2.03. The maximum atomic E-state index is 10.5. The monoisotopic (exact) mass is 288 g/mol. The minimum Gasteiger partial charge on any atom is -0.389 e. The van der Waals surface area contributed by atoms with Gasteiger partial charge in [0.05, 0.1) is 18.6 Å². The smallest absolute Gasteiger partial charge is 0.389 e. The molecular formula is C11H15NO6P+. The average molecular weight is 288 g/mol. The van der Waals surface area contributed by atoms with Crippen LogP contribution in [-0.2, 0) is 9.09 Å². The van der Waals surface area contributed by atoms with Gasteiger partial charge >= 0.3 is 7.82 Å². The molecule has 0 unspecified atom stereocenters. The Kier molecular flexibility index (Phi) is 4.15. The molecule has 104 valence electrons. The average Bonchev–Trinajstić information content (AvgIpc) is 2.78. The maximum Gasteiger partial charge on any atom is 0.469 e. The second-order valence-electron chi connectivity index (χ2n) is 4.27. The van der Waals surface area contributed by atoms with E-state index in [1.54, 1.807) is 18.3 Å². The van der Waals surface area contributed by atoms with Crippen molar-refractivity contribution in [2.45, 2.75) is 18.1 Å². The number of aliphatic hydroxyl groups excluding tert-OH is 2. The fourth-order valence-electron chi connectivity index (χ4n) is 1.98. The molecule has 1 aliphatic rings. The van der Waals surface area contributed by atoms with E-state index >= 15 is 0 Å². The third kappa shape index (κ3) is 3.48. The molecule has 0 aromatic heterocycles. The highest BCUT2D eigenvalue weighted by molar-refractivity contribution is 7.46. The fraction of sp³-hybridized carbons (Fsp3) is 0.364. The molecule has 0 saturated carbocycles. The Bertz CT molecular complexity index is 528. The second kappa shape index (κ2) is 5.50. The highest BCUT2D eigenvalue weighted by Gasteiger charge is 2.35. The number of phosphoric acid groups is 1. The first kappa shape index (κ1) is 14.3. The zero-order valence-electron chi connectivity index (χ0n) is 9.88. The third-order valence-electron chi connectivity index (χ3n) is 2.91. The van der Waals surface area contributed by atoms with Crippen molar-refractivity contribution >= 4 is 19.7 Å². The molecular weight excluding hydrogens is 273 g/mol. The summed E-state index contributed by atoms with van der Waals surface area (Å²) in [5, 5.41) is 19.7. The minimum atomic E-state index is -4.65. The largest absolute Gasteiger partial charge is 0.469 e. The Morgan fingerprint density at radius 1 is 1.32 bits per heavy atom. The van der Waals surface area contributed by atoms with E-state index in [9.17, 15) is 14.8 Å². The highest BCUT2D eigenvalue weighted by atomic mass is 31.2. The summed E-state index contributed by atoms with van der Waals surface area (Å²) in [4.78, 5) is 20.1. The van der Waals surface area contributed by atoms with Gasteiger partial charge in [-0.3, -0.25) is 4.52 Å². The van der Waals surface area contributed by atoms with Gasteiger partial charge in [0.1, 0.15) is 6.10 Å². The number of nitrogens with one attached hydrogen (secondary N) is 1. The standard InChI is InChI=1S/C11H14NO6P/c13-10(6-18-19(15,16)17)11(14)8-5-12-9-4-2-1-3-7(8)9/h1-5,8,10-11,13-14H,6H2,(H2,15,16,17)/p+1/t8-,10-,11+/m1/s1. The molecule has 3 atom stereocenters. The van der Waals surface area contributed by atoms with Crippen molar-refractivity contribution in [3.05, 3.63) is 29.8 Å². The number of phosphoric ester groups is 1. The second-order valence-corrected chi connectivity index (χ2v) is 5.51. The molecule has 0 amide bonds. The summed E-state index contributed by atoms with van der Waals surface area (Å²) >= 11 is 0. The lowest BCUT2D eigenvalue weighted by Crippen LogP contribution is -2.59. The Morgan fingerprint density at radius 2 is 2.00 bits per heavy atom. The lowest BCUT2D eigenvalue weighted by Gasteiger charge is -2.20. The molecule has 0 spiro atoms. The van der Waals surface area contributed by atoms with Crippen molar-refractivity contribution in [3.8, 4) is 0 Å². The van der Waals surface area contributed by atoms with E-state index < -0.39 is 32.6 Å². The van der Waals surface area contributed by atoms with E-state index in [-0.39, 0.29) is 0 Å². The molecule has 1 aromatic rings. The van der Waals surface area contributed by atoms with Gasteiger partial charge in [0.15, 0.2) is 6.21 Å². The molecule has 5 N–H and O–H groups in total. The molecule has 1 aromatic carbocycles. The molecule has 1 aliphatic heterocycles. The summed E-state index contributed by atoms with van der Waals surface area (Å²) in [6, 6.07) is 7.27. The van der Waals surface area contributed by atoms with Crippen molar-refractivity contribution in [2.75, 3.05) is 6.61 Å². The topological polar surface area (TPSA) is 121 Å². The van der Waals surface area contributed by atoms with Crippen LogP contribution in [0.5, 0.6) is 0 Å². The zero-order valence-corrected chi connectivity index (χ0v) is 10.8. The summed E-state index contributed by atoms with van der Waals surface area (Å²) < 4.78 is 14.7. The summed E-state index contributed by atoms with van der Waals surface area (Å²) in [6.07, 6.45) is -1.000. The molecule has 19 heavy (non-hydrogen) atoms. The number of hydrogen-bond acceptors (Lipinski definition) is 4. The van der Waals surface area contributed by atoms with E-state index in [1.165, 1.54) is 0 Å². The summed E-state index contributed by atoms with van der Waals surface area (Å²) in [7, 11) is -4.65. The number of fused-ring (bicyclic) bond motifs is 1. The fourth-order valence-corrected chi connectivity index (χ4v) is 2.33. The predicted octanol–water partition coefficient (Wildman–Crippen LogP) is -1.60. The molecule has 8 heteroatoms. The molecule has 0 fully saturated rings. The Labute approximate surface area is 109 Å². The Morgan fingerprint density at radius 3 is 2.68 bits per heavy atom. The minimum absolute atomic E-state index is 0.466. The molecule has 2 rings (SSSR count). The number of para-hydroxylation sites is 1. The highest BCUT2D eigenvalue weighted by Crippen LogP contribution is 2.36. The lowest BCUT2D eigenvalue weighted by atomic mass is 9.92. The van der Waals surface area contributed by atoms with Crippen molar-refractivity contribution in [1.29, 1.82) is 0 Å². The SMILES string of the molecule is O=P(O)(O)OC[C@@H](O)[C@@H](O)[C@@H]1C=[NH+]c2ccccc21. The van der Waals surface area contributed by atoms with Gasteiger partial charge in [0.2, 0.25) is 5.69 Å². The van der Waals surface area contributed by atoms with Crippen LogP contribution in [0.3, 0.4) is 0 Å². The lowest BCUT2D eigenvalue weighted by molar-refractivity contribution is -0.344. The van der Waals surface area contributed by atoms with Crippen LogP contribution < -0.4 is 4.99 Å². The van der Waals surface area contributed by atoms with E-state index in [0.717, 1.165) is 11.3 Å². The number of rotatable bonds is 5. The van der Waals surface area contributed by atoms with Gasteiger partial charge in [-0.15, -0.1) is 0 Å². The van der Waals surface area contributed by atoms with Crippen molar-refractivity contribution in [3.63, 3.8) is 0 Å². The molecule has 0 bridgehead atoms. The van der Waals surface area contributed by atoms with E-state index in [4.69, 9.17) is 9.79 Å². The van der Waals surface area contributed by atoms with Gasteiger partial charge in [-0.05, 0) is 0 Å². The number of aliphatic hydroxyl groups is 2. The van der Waals surface area contributed by atoms with Crippen LogP contribution in [0, 0.1) is 0 Å². The van der Waals surface area contributed by atoms with Crippen LogP contribution in [0.15, 0.2) is 24.3 Å². The molecule has 0 radical (unpaired) electrons. The molecule has 0 saturated heterocycles. The molecule has 7 nitrogen and oxygen atoms in total. The summed E-state index contributed by atoms with van der Waals surface area (Å²) in [6.45, 7) is -0.641. The quantitative estimate of drug-likeness (QED) is 0.416. The van der Waals surface area contributed by atoms with Crippen LogP contribution >= 0.6 is 7.82 Å².